The van der Waals surface area contributed by atoms with Gasteiger partial charge < -0.3 is 15.7 Å². The average molecular weight is 380 g/mol. The fourth-order valence-electron chi connectivity index (χ4n) is 1.81. The van der Waals surface area contributed by atoms with E-state index in [-0.39, 0.29) is 11.5 Å². The molecule has 0 heterocycles. The quantitative estimate of drug-likeness (QED) is 0.499. The highest BCUT2D eigenvalue weighted by Gasteiger charge is 2.22. The molecule has 1 unspecified atom stereocenters. The molecule has 0 aliphatic heterocycles. The highest BCUT2D eigenvalue weighted by molar-refractivity contribution is 9.10. The Kier molecular flexibility index (Phi) is 7.29. The van der Waals surface area contributed by atoms with Crippen LogP contribution in [0.3, 0.4) is 0 Å². The summed E-state index contributed by atoms with van der Waals surface area (Å²) in [5, 5.41) is 23.4. The van der Waals surface area contributed by atoms with Crippen molar-refractivity contribution in [3.05, 3.63) is 40.5 Å². The number of anilines is 1. The maximum absolute atomic E-state index is 12.0. The summed E-state index contributed by atoms with van der Waals surface area (Å²) >= 11 is 3.32. The number of rotatable bonds is 7. The van der Waals surface area contributed by atoms with Crippen LogP contribution in [0.25, 0.3) is 0 Å². The fourth-order valence-corrected chi connectivity index (χ4v) is 2.21. The summed E-state index contributed by atoms with van der Waals surface area (Å²) in [6.45, 7) is 3.72. The number of carboxylic acid groups (broad SMARTS) is 1. The molecule has 0 radical (unpaired) electrons. The summed E-state index contributed by atoms with van der Waals surface area (Å²) in [5.41, 5.74) is 0.497. The molecule has 3 N–H and O–H groups in total. The topological polar surface area (TPSA) is 102 Å². The molecular weight excluding hydrogens is 362 g/mol. The second-order valence-corrected chi connectivity index (χ2v) is 6.23. The van der Waals surface area contributed by atoms with Gasteiger partial charge in [0.25, 0.3) is 5.91 Å². The van der Waals surface area contributed by atoms with Crippen LogP contribution in [-0.4, -0.2) is 23.0 Å². The Bertz CT molecular complexity index is 650. The van der Waals surface area contributed by atoms with E-state index >= 15 is 0 Å². The lowest BCUT2D eigenvalue weighted by Crippen LogP contribution is -2.42. The summed E-state index contributed by atoms with van der Waals surface area (Å²) < 4.78 is 0.849. The first-order chi connectivity index (χ1) is 10.8. The van der Waals surface area contributed by atoms with Gasteiger partial charge in [-0.05, 0) is 30.5 Å². The zero-order valence-electron chi connectivity index (χ0n) is 12.8. The van der Waals surface area contributed by atoms with Crippen LogP contribution >= 0.6 is 15.9 Å². The molecule has 1 rings (SSSR count). The Hall–Kier alpha value is -2.33. The van der Waals surface area contributed by atoms with E-state index in [0.717, 1.165) is 4.47 Å². The minimum atomic E-state index is -1.12. The molecule has 0 saturated carbocycles. The van der Waals surface area contributed by atoms with Crippen molar-refractivity contribution in [3.63, 3.8) is 0 Å². The molecule has 0 bridgehead atoms. The Morgan fingerprint density at radius 2 is 2.13 bits per heavy atom. The number of nitriles is 1. The molecule has 6 nitrogen and oxygen atoms in total. The largest absolute Gasteiger partial charge is 0.480 e. The lowest BCUT2D eigenvalue weighted by atomic mass is 10.0. The first-order valence-electron chi connectivity index (χ1n) is 6.99. The van der Waals surface area contributed by atoms with Crippen molar-refractivity contribution in [3.8, 4) is 6.07 Å². The number of nitrogens with one attached hydrogen (secondary N) is 2. The maximum atomic E-state index is 12.0. The summed E-state index contributed by atoms with van der Waals surface area (Å²) in [6.07, 6.45) is 1.55. The van der Waals surface area contributed by atoms with Crippen molar-refractivity contribution in [1.29, 1.82) is 5.26 Å². The average Bonchev–Trinajstić information content (AvgIpc) is 2.46. The molecule has 1 aromatic rings. The van der Waals surface area contributed by atoms with Gasteiger partial charge >= 0.3 is 5.97 Å². The predicted molar refractivity (Wildman–Crippen MR) is 90.5 cm³/mol. The summed E-state index contributed by atoms with van der Waals surface area (Å²) in [6, 6.07) is 7.94. The highest BCUT2D eigenvalue weighted by Crippen LogP contribution is 2.16. The van der Waals surface area contributed by atoms with Crippen molar-refractivity contribution in [1.82, 2.24) is 5.32 Å². The van der Waals surface area contributed by atoms with Gasteiger partial charge in [-0.25, -0.2) is 4.79 Å². The van der Waals surface area contributed by atoms with Crippen LogP contribution < -0.4 is 10.6 Å². The third-order valence-electron chi connectivity index (χ3n) is 2.88. The van der Waals surface area contributed by atoms with Gasteiger partial charge in [0, 0.05) is 16.4 Å². The third kappa shape index (κ3) is 6.53. The van der Waals surface area contributed by atoms with Crippen LogP contribution in [-0.2, 0) is 9.59 Å². The van der Waals surface area contributed by atoms with Crippen molar-refractivity contribution in [2.75, 3.05) is 5.32 Å². The number of hydrogen-bond donors (Lipinski definition) is 3. The number of carbonyl (C=O) groups is 2. The smallest absolute Gasteiger partial charge is 0.326 e. The molecule has 0 aromatic heterocycles. The summed E-state index contributed by atoms with van der Waals surface area (Å²) in [4.78, 5) is 23.2. The molecule has 23 heavy (non-hydrogen) atoms. The molecule has 0 aliphatic rings. The van der Waals surface area contributed by atoms with Crippen LogP contribution in [0, 0.1) is 17.2 Å². The van der Waals surface area contributed by atoms with E-state index in [9.17, 15) is 9.59 Å². The van der Waals surface area contributed by atoms with Crippen LogP contribution in [0.15, 0.2) is 40.5 Å². The first-order valence-corrected chi connectivity index (χ1v) is 7.78. The Balaban J connectivity index is 2.79. The Labute approximate surface area is 143 Å². The van der Waals surface area contributed by atoms with E-state index in [2.05, 4.69) is 26.6 Å². The predicted octanol–water partition coefficient (Wildman–Crippen LogP) is 2.88. The number of carboxylic acids is 1. The van der Waals surface area contributed by atoms with Gasteiger partial charge in [-0.15, -0.1) is 0 Å². The van der Waals surface area contributed by atoms with Crippen LogP contribution in [0.1, 0.15) is 20.3 Å². The molecule has 0 aliphatic carbocycles. The third-order valence-corrected chi connectivity index (χ3v) is 3.38. The molecular formula is C16H18BrN3O3. The molecule has 0 saturated heterocycles. The summed E-state index contributed by atoms with van der Waals surface area (Å²) in [5.74, 6) is -1.74. The van der Waals surface area contributed by atoms with E-state index in [0.29, 0.717) is 12.1 Å². The molecule has 7 heteroatoms. The highest BCUT2D eigenvalue weighted by atomic mass is 79.9. The van der Waals surface area contributed by atoms with Crippen molar-refractivity contribution >= 4 is 33.5 Å². The van der Waals surface area contributed by atoms with E-state index in [1.54, 1.807) is 24.3 Å². The second kappa shape index (κ2) is 8.96. The SMILES string of the molecule is CC(C)CC(NC(=O)/C(C#N)=C\Nc1cccc(Br)c1)C(=O)O. The van der Waals surface area contributed by atoms with E-state index in [1.165, 1.54) is 6.20 Å². The molecule has 0 fully saturated rings. The van der Waals surface area contributed by atoms with E-state index in [4.69, 9.17) is 10.4 Å². The van der Waals surface area contributed by atoms with Crippen molar-refractivity contribution < 1.29 is 14.7 Å². The maximum Gasteiger partial charge on any atom is 0.326 e. The van der Waals surface area contributed by atoms with Crippen LogP contribution in [0.4, 0.5) is 5.69 Å². The minimum absolute atomic E-state index is 0.103. The molecule has 0 spiro atoms. The van der Waals surface area contributed by atoms with Crippen LogP contribution in [0.5, 0.6) is 0 Å². The number of carbonyl (C=O) groups excluding carboxylic acids is 1. The number of nitrogens with zero attached hydrogens (tertiary/aromatic N) is 1. The second-order valence-electron chi connectivity index (χ2n) is 5.32. The number of benzene rings is 1. The van der Waals surface area contributed by atoms with Gasteiger partial charge in [0.1, 0.15) is 17.7 Å². The molecule has 1 amide bonds. The van der Waals surface area contributed by atoms with Gasteiger partial charge in [-0.3, -0.25) is 4.79 Å². The summed E-state index contributed by atoms with van der Waals surface area (Å²) in [7, 11) is 0. The lowest BCUT2D eigenvalue weighted by molar-refractivity contribution is -0.141. The standard InChI is InChI=1S/C16H18BrN3O3/c1-10(2)6-14(16(22)23)20-15(21)11(8-18)9-19-13-5-3-4-12(17)7-13/h3-5,7,9-10,14,19H,6H2,1-2H3,(H,20,21)(H,22,23)/b11-9-. The zero-order valence-corrected chi connectivity index (χ0v) is 14.4. The molecule has 1 aromatic carbocycles. The monoisotopic (exact) mass is 379 g/mol. The Morgan fingerprint density at radius 3 is 2.65 bits per heavy atom. The van der Waals surface area contributed by atoms with Gasteiger partial charge in [-0.2, -0.15) is 5.26 Å². The lowest BCUT2D eigenvalue weighted by Gasteiger charge is -2.16. The van der Waals surface area contributed by atoms with Gasteiger partial charge in [0.2, 0.25) is 0 Å². The van der Waals surface area contributed by atoms with Crippen molar-refractivity contribution in [2.45, 2.75) is 26.3 Å². The number of hydrogen-bond acceptors (Lipinski definition) is 4. The van der Waals surface area contributed by atoms with Crippen molar-refractivity contribution in [2.24, 2.45) is 5.92 Å². The minimum Gasteiger partial charge on any atom is -0.480 e. The number of aliphatic carboxylic acids is 1. The van der Waals surface area contributed by atoms with Crippen LogP contribution in [0.2, 0.25) is 0 Å². The Morgan fingerprint density at radius 1 is 1.43 bits per heavy atom. The van der Waals surface area contributed by atoms with Gasteiger partial charge in [0.15, 0.2) is 0 Å². The van der Waals surface area contributed by atoms with E-state index < -0.39 is 17.9 Å². The van der Waals surface area contributed by atoms with Gasteiger partial charge in [0.05, 0.1) is 0 Å². The first kappa shape index (κ1) is 18.7. The normalized spacial score (nSPS) is 12.4. The van der Waals surface area contributed by atoms with E-state index in [1.807, 2.05) is 19.9 Å². The fraction of sp³-hybridized carbons (Fsp3) is 0.312. The van der Waals surface area contributed by atoms with Gasteiger partial charge in [-0.1, -0.05) is 35.8 Å². The number of halogens is 1. The molecule has 122 valence electrons. The molecule has 1 atom stereocenters. The zero-order chi connectivity index (χ0) is 17.4. The number of amides is 1.